The molecule has 1 aromatic heterocycles. The van der Waals surface area contributed by atoms with E-state index in [4.69, 9.17) is 0 Å². The summed E-state index contributed by atoms with van der Waals surface area (Å²) in [5.41, 5.74) is 0. The third-order valence-electron chi connectivity index (χ3n) is 2.74. The lowest BCUT2D eigenvalue weighted by Crippen LogP contribution is -2.42. The highest BCUT2D eigenvalue weighted by molar-refractivity contribution is 5.84. The van der Waals surface area contributed by atoms with Gasteiger partial charge in [-0.1, -0.05) is 0 Å². The van der Waals surface area contributed by atoms with Gasteiger partial charge in [-0.05, 0) is 23.3 Å². The fraction of sp³-hybridized carbons (Fsp3) is 0.667. The zero-order valence-corrected chi connectivity index (χ0v) is 9.44. The van der Waals surface area contributed by atoms with E-state index in [-0.39, 0.29) is 18.4 Å². The largest absolute Gasteiger partial charge is 0.467 e. The first-order valence-corrected chi connectivity index (χ1v) is 5.30. The van der Waals surface area contributed by atoms with Crippen LogP contribution in [0.3, 0.4) is 0 Å². The second-order valence-corrected chi connectivity index (χ2v) is 3.78. The molecule has 8 nitrogen and oxygen atoms in total. The Morgan fingerprint density at radius 2 is 2.35 bits per heavy atom. The summed E-state index contributed by atoms with van der Waals surface area (Å²) in [6.07, 6.45) is 2.82. The van der Waals surface area contributed by atoms with Gasteiger partial charge in [0.15, 0.2) is 0 Å². The molecule has 1 saturated heterocycles. The van der Waals surface area contributed by atoms with Crippen LogP contribution in [0.1, 0.15) is 12.8 Å². The van der Waals surface area contributed by atoms with E-state index >= 15 is 0 Å². The van der Waals surface area contributed by atoms with Crippen molar-refractivity contribution in [2.75, 3.05) is 13.7 Å². The Labute approximate surface area is 97.5 Å². The van der Waals surface area contributed by atoms with E-state index in [1.165, 1.54) is 23.0 Å². The molecule has 8 heteroatoms. The van der Waals surface area contributed by atoms with Gasteiger partial charge >= 0.3 is 5.97 Å². The van der Waals surface area contributed by atoms with E-state index in [1.807, 2.05) is 0 Å². The van der Waals surface area contributed by atoms with Crippen LogP contribution in [-0.2, 0) is 20.9 Å². The number of aromatic nitrogens is 4. The van der Waals surface area contributed by atoms with Crippen LogP contribution in [-0.4, -0.2) is 56.7 Å². The molecule has 0 saturated carbocycles. The van der Waals surface area contributed by atoms with Gasteiger partial charge < -0.3 is 9.64 Å². The molecule has 1 amide bonds. The maximum atomic E-state index is 11.9. The van der Waals surface area contributed by atoms with Crippen molar-refractivity contribution in [3.8, 4) is 0 Å². The van der Waals surface area contributed by atoms with Crippen molar-refractivity contribution in [2.24, 2.45) is 0 Å². The standard InChI is InChI=1S/C9H13N5O3/c1-17-9(16)7-3-2-4-14(7)8(15)5-13-6-10-11-12-13/h6-7H,2-5H2,1H3. The van der Waals surface area contributed by atoms with Crippen molar-refractivity contribution < 1.29 is 14.3 Å². The highest BCUT2D eigenvalue weighted by Crippen LogP contribution is 2.18. The topological polar surface area (TPSA) is 90.2 Å². The number of carbonyl (C=O) groups is 2. The minimum Gasteiger partial charge on any atom is -0.467 e. The molecule has 1 fully saturated rings. The molecule has 0 N–H and O–H groups in total. The summed E-state index contributed by atoms with van der Waals surface area (Å²) in [7, 11) is 1.32. The summed E-state index contributed by atoms with van der Waals surface area (Å²) in [5, 5.41) is 10.5. The fourth-order valence-corrected chi connectivity index (χ4v) is 1.93. The third kappa shape index (κ3) is 2.40. The number of amides is 1. The van der Waals surface area contributed by atoms with Crippen LogP contribution in [0.4, 0.5) is 0 Å². The number of hydrogen-bond acceptors (Lipinski definition) is 6. The Kier molecular flexibility index (Phi) is 3.31. The van der Waals surface area contributed by atoms with E-state index in [0.29, 0.717) is 13.0 Å². The maximum Gasteiger partial charge on any atom is 0.328 e. The van der Waals surface area contributed by atoms with Crippen LogP contribution in [0.15, 0.2) is 6.33 Å². The van der Waals surface area contributed by atoms with Gasteiger partial charge in [-0.3, -0.25) is 4.79 Å². The zero-order valence-electron chi connectivity index (χ0n) is 9.44. The van der Waals surface area contributed by atoms with Crippen LogP contribution >= 0.6 is 0 Å². The molecular formula is C9H13N5O3. The van der Waals surface area contributed by atoms with Gasteiger partial charge in [-0.25, -0.2) is 9.48 Å². The van der Waals surface area contributed by atoms with Crippen molar-refractivity contribution in [3.05, 3.63) is 6.33 Å². The van der Waals surface area contributed by atoms with E-state index in [1.54, 1.807) is 0 Å². The predicted molar refractivity (Wildman–Crippen MR) is 54.6 cm³/mol. The number of esters is 1. The van der Waals surface area contributed by atoms with Crippen LogP contribution in [0.5, 0.6) is 0 Å². The molecule has 92 valence electrons. The van der Waals surface area contributed by atoms with Crippen LogP contribution in [0, 0.1) is 0 Å². The van der Waals surface area contributed by atoms with Crippen LogP contribution in [0.2, 0.25) is 0 Å². The average Bonchev–Trinajstić information content (AvgIpc) is 2.97. The smallest absolute Gasteiger partial charge is 0.328 e. The van der Waals surface area contributed by atoms with Gasteiger partial charge in [0, 0.05) is 6.54 Å². The number of rotatable bonds is 3. The summed E-state index contributed by atoms with van der Waals surface area (Å²) in [4.78, 5) is 24.9. The summed E-state index contributed by atoms with van der Waals surface area (Å²) in [5.74, 6) is -0.544. The van der Waals surface area contributed by atoms with Crippen molar-refractivity contribution >= 4 is 11.9 Å². The molecule has 1 atom stereocenters. The van der Waals surface area contributed by atoms with Gasteiger partial charge in [0.05, 0.1) is 7.11 Å². The lowest BCUT2D eigenvalue weighted by molar-refractivity contribution is -0.151. The van der Waals surface area contributed by atoms with Crippen molar-refractivity contribution in [1.82, 2.24) is 25.1 Å². The molecule has 1 aromatic rings. The molecule has 1 unspecified atom stereocenters. The minimum absolute atomic E-state index is 0.0422. The number of hydrogen-bond donors (Lipinski definition) is 0. The molecule has 2 heterocycles. The SMILES string of the molecule is COC(=O)C1CCCN1C(=O)Cn1cnnn1. The fourth-order valence-electron chi connectivity index (χ4n) is 1.93. The Balaban J connectivity index is 2.01. The molecule has 0 aliphatic carbocycles. The molecule has 0 spiro atoms. The Morgan fingerprint density at radius 1 is 1.53 bits per heavy atom. The minimum atomic E-state index is -0.469. The van der Waals surface area contributed by atoms with Gasteiger partial charge in [0.1, 0.15) is 18.9 Å². The first kappa shape index (κ1) is 11.5. The summed E-state index contributed by atoms with van der Waals surface area (Å²) in [6, 6.07) is -0.469. The van der Waals surface area contributed by atoms with Crippen LogP contribution < -0.4 is 0 Å². The van der Waals surface area contributed by atoms with Crippen molar-refractivity contribution in [2.45, 2.75) is 25.4 Å². The van der Waals surface area contributed by atoms with E-state index in [0.717, 1.165) is 6.42 Å². The Hall–Kier alpha value is -1.99. The van der Waals surface area contributed by atoms with E-state index < -0.39 is 6.04 Å². The number of carbonyl (C=O) groups excluding carboxylic acids is 2. The van der Waals surface area contributed by atoms with Gasteiger partial charge in [-0.2, -0.15) is 0 Å². The van der Waals surface area contributed by atoms with Gasteiger partial charge in [0.2, 0.25) is 5.91 Å². The summed E-state index contributed by atoms with van der Waals surface area (Å²) < 4.78 is 6.00. The lowest BCUT2D eigenvalue weighted by atomic mass is 10.2. The highest BCUT2D eigenvalue weighted by atomic mass is 16.5. The number of tetrazole rings is 1. The van der Waals surface area contributed by atoms with Gasteiger partial charge in [0.25, 0.3) is 0 Å². The zero-order chi connectivity index (χ0) is 12.3. The monoisotopic (exact) mass is 239 g/mol. The average molecular weight is 239 g/mol. The number of ether oxygens (including phenoxy) is 1. The first-order valence-electron chi connectivity index (χ1n) is 5.30. The third-order valence-corrected chi connectivity index (χ3v) is 2.74. The Morgan fingerprint density at radius 3 is 3.00 bits per heavy atom. The van der Waals surface area contributed by atoms with Crippen molar-refractivity contribution in [3.63, 3.8) is 0 Å². The number of likely N-dealkylation sites (tertiary alicyclic amines) is 1. The van der Waals surface area contributed by atoms with Gasteiger partial charge in [-0.15, -0.1) is 5.10 Å². The van der Waals surface area contributed by atoms with E-state index in [9.17, 15) is 9.59 Å². The van der Waals surface area contributed by atoms with E-state index in [2.05, 4.69) is 20.3 Å². The highest BCUT2D eigenvalue weighted by Gasteiger charge is 2.34. The molecule has 1 aliphatic heterocycles. The van der Waals surface area contributed by atoms with Crippen molar-refractivity contribution in [1.29, 1.82) is 0 Å². The lowest BCUT2D eigenvalue weighted by Gasteiger charge is -2.22. The second kappa shape index (κ2) is 4.89. The number of nitrogens with zero attached hydrogens (tertiary/aromatic N) is 5. The molecule has 0 aromatic carbocycles. The second-order valence-electron chi connectivity index (χ2n) is 3.78. The maximum absolute atomic E-state index is 11.9. The first-order chi connectivity index (χ1) is 8.22. The molecular weight excluding hydrogens is 226 g/mol. The predicted octanol–water partition coefficient (Wildman–Crippen LogP) is -1.16. The summed E-state index contributed by atoms with van der Waals surface area (Å²) in [6.45, 7) is 0.612. The summed E-state index contributed by atoms with van der Waals surface area (Å²) >= 11 is 0. The molecule has 2 rings (SSSR count). The molecule has 1 aliphatic rings. The molecule has 17 heavy (non-hydrogen) atoms. The number of methoxy groups -OCH3 is 1. The molecule has 0 radical (unpaired) electrons. The van der Waals surface area contributed by atoms with Crippen LogP contribution in [0.25, 0.3) is 0 Å². The molecule has 0 bridgehead atoms. The Bertz CT molecular complexity index is 405. The quantitative estimate of drug-likeness (QED) is 0.618. The normalized spacial score (nSPS) is 19.4.